The lowest BCUT2D eigenvalue weighted by molar-refractivity contribution is 0.138. The number of hydrogen-bond donors (Lipinski definition) is 1. The number of benzene rings is 2. The van der Waals surface area contributed by atoms with Gasteiger partial charge < -0.3 is 4.74 Å². The van der Waals surface area contributed by atoms with Crippen LogP contribution in [0.1, 0.15) is 37.8 Å². The number of hydrogen-bond acceptors (Lipinski definition) is 3. The summed E-state index contributed by atoms with van der Waals surface area (Å²) in [6.07, 6.45) is 3.36. The fourth-order valence-corrected chi connectivity index (χ4v) is 4.42. The lowest BCUT2D eigenvalue weighted by Gasteiger charge is -2.38. The van der Waals surface area contributed by atoms with Gasteiger partial charge in [-0.25, -0.2) is 12.8 Å². The van der Waals surface area contributed by atoms with Gasteiger partial charge in [0.2, 0.25) is 10.0 Å². The number of rotatable bonds is 4. The second kappa shape index (κ2) is 6.09. The molecule has 1 aliphatic heterocycles. The summed E-state index contributed by atoms with van der Waals surface area (Å²) in [5.41, 5.74) is 4.07. The van der Waals surface area contributed by atoms with Crippen LogP contribution in [-0.2, 0) is 10.0 Å². The molecule has 1 fully saturated rings. The van der Waals surface area contributed by atoms with Gasteiger partial charge >= 0.3 is 0 Å². The highest BCUT2D eigenvalue weighted by Gasteiger charge is 2.43. The first-order valence-corrected chi connectivity index (χ1v) is 10.8. The van der Waals surface area contributed by atoms with Crippen molar-refractivity contribution >= 4 is 21.3 Å². The Hall–Kier alpha value is -2.34. The molecule has 27 heavy (non-hydrogen) atoms. The maximum atomic E-state index is 13.5. The number of sulfonamides is 1. The minimum absolute atomic E-state index is 0.272. The molecule has 0 unspecified atom stereocenters. The predicted molar refractivity (Wildman–Crippen MR) is 105 cm³/mol. The Bertz CT molecular complexity index is 1040. The van der Waals surface area contributed by atoms with Crippen molar-refractivity contribution < 1.29 is 17.5 Å². The van der Waals surface area contributed by atoms with Gasteiger partial charge in [-0.05, 0) is 73.6 Å². The standard InChI is InChI=1S/C21H22FNO3S/c1-21(2)20(14-4-5-14)19(13-6-8-15(22)9-7-13)17-11-10-16(12-18(17)26-21)23-27(3,24)25/h6-12,14,23H,4-5H2,1-3H3. The Morgan fingerprint density at radius 1 is 1.11 bits per heavy atom. The Balaban J connectivity index is 1.91. The number of fused-ring (bicyclic) bond motifs is 1. The van der Waals surface area contributed by atoms with E-state index in [9.17, 15) is 12.8 Å². The van der Waals surface area contributed by atoms with Gasteiger partial charge in [0.05, 0.1) is 11.9 Å². The molecule has 1 aliphatic carbocycles. The van der Waals surface area contributed by atoms with E-state index in [1.54, 1.807) is 24.3 Å². The van der Waals surface area contributed by atoms with E-state index in [-0.39, 0.29) is 5.82 Å². The number of anilines is 1. The van der Waals surface area contributed by atoms with E-state index in [1.807, 2.05) is 19.9 Å². The summed E-state index contributed by atoms with van der Waals surface area (Å²) >= 11 is 0. The monoisotopic (exact) mass is 387 g/mol. The molecule has 0 atom stereocenters. The zero-order valence-corrected chi connectivity index (χ0v) is 16.4. The molecule has 0 saturated heterocycles. The topological polar surface area (TPSA) is 55.4 Å². The van der Waals surface area contributed by atoms with E-state index in [0.29, 0.717) is 17.4 Å². The third kappa shape index (κ3) is 3.58. The van der Waals surface area contributed by atoms with Gasteiger partial charge in [0.25, 0.3) is 0 Å². The number of nitrogens with one attached hydrogen (secondary N) is 1. The molecule has 1 N–H and O–H groups in total. The van der Waals surface area contributed by atoms with Gasteiger partial charge in [0.15, 0.2) is 0 Å². The summed E-state index contributed by atoms with van der Waals surface area (Å²) in [6.45, 7) is 4.06. The molecular weight excluding hydrogens is 365 g/mol. The maximum absolute atomic E-state index is 13.5. The van der Waals surface area contributed by atoms with Gasteiger partial charge in [-0.2, -0.15) is 0 Å². The lowest BCUT2D eigenvalue weighted by atomic mass is 9.80. The van der Waals surface area contributed by atoms with Crippen molar-refractivity contribution in [3.8, 4) is 5.75 Å². The normalized spacial score (nSPS) is 18.7. The SMILES string of the molecule is CC1(C)Oc2cc(NS(C)(=O)=O)ccc2C(c2ccc(F)cc2)=C1C1CC1. The van der Waals surface area contributed by atoms with Crippen LogP contribution in [0.3, 0.4) is 0 Å². The van der Waals surface area contributed by atoms with Crippen LogP contribution in [0.25, 0.3) is 5.57 Å². The fourth-order valence-electron chi connectivity index (χ4n) is 3.86. The van der Waals surface area contributed by atoms with E-state index in [1.165, 1.54) is 17.7 Å². The molecule has 4 nitrogen and oxygen atoms in total. The summed E-state index contributed by atoms with van der Waals surface area (Å²) in [4.78, 5) is 0. The van der Waals surface area contributed by atoms with E-state index >= 15 is 0 Å². The second-order valence-corrected chi connectivity index (χ2v) is 9.52. The average Bonchev–Trinajstić information content (AvgIpc) is 3.36. The van der Waals surface area contributed by atoms with Crippen LogP contribution in [0, 0.1) is 11.7 Å². The number of halogens is 1. The van der Waals surface area contributed by atoms with E-state index in [0.717, 1.165) is 35.8 Å². The average molecular weight is 387 g/mol. The highest BCUT2D eigenvalue weighted by Crippen LogP contribution is 2.52. The number of ether oxygens (including phenoxy) is 1. The van der Waals surface area contributed by atoms with Crippen LogP contribution in [0.5, 0.6) is 5.75 Å². The molecule has 0 spiro atoms. The van der Waals surface area contributed by atoms with Crippen molar-refractivity contribution in [1.82, 2.24) is 0 Å². The quantitative estimate of drug-likeness (QED) is 0.835. The van der Waals surface area contributed by atoms with Gasteiger partial charge in [-0.15, -0.1) is 0 Å². The summed E-state index contributed by atoms with van der Waals surface area (Å²) in [7, 11) is -3.38. The fraction of sp³-hybridized carbons (Fsp3) is 0.333. The minimum Gasteiger partial charge on any atom is -0.483 e. The van der Waals surface area contributed by atoms with Crippen molar-refractivity contribution in [1.29, 1.82) is 0 Å². The van der Waals surface area contributed by atoms with Gasteiger partial charge in [0, 0.05) is 11.6 Å². The summed E-state index contributed by atoms with van der Waals surface area (Å²) in [6, 6.07) is 11.8. The molecule has 2 aromatic rings. The second-order valence-electron chi connectivity index (χ2n) is 7.77. The molecule has 6 heteroatoms. The van der Waals surface area contributed by atoms with Crippen LogP contribution in [0.4, 0.5) is 10.1 Å². The largest absolute Gasteiger partial charge is 0.483 e. The van der Waals surface area contributed by atoms with Crippen molar-refractivity contribution in [2.24, 2.45) is 5.92 Å². The summed E-state index contributed by atoms with van der Waals surface area (Å²) in [5, 5.41) is 0. The molecule has 0 amide bonds. The predicted octanol–water partition coefficient (Wildman–Crippen LogP) is 4.58. The molecular formula is C21H22FNO3S. The van der Waals surface area contributed by atoms with Crippen LogP contribution >= 0.6 is 0 Å². The van der Waals surface area contributed by atoms with Crippen LogP contribution < -0.4 is 9.46 Å². The molecule has 2 aliphatic rings. The van der Waals surface area contributed by atoms with Crippen molar-refractivity contribution in [3.63, 3.8) is 0 Å². The van der Waals surface area contributed by atoms with E-state index in [4.69, 9.17) is 4.74 Å². The molecule has 1 saturated carbocycles. The Kier molecular flexibility index (Phi) is 4.07. The third-order valence-electron chi connectivity index (χ3n) is 4.96. The molecule has 0 radical (unpaired) electrons. The minimum atomic E-state index is -3.38. The first-order valence-electron chi connectivity index (χ1n) is 8.96. The van der Waals surface area contributed by atoms with Crippen LogP contribution in [0.2, 0.25) is 0 Å². The zero-order valence-electron chi connectivity index (χ0n) is 15.5. The van der Waals surface area contributed by atoms with Crippen molar-refractivity contribution in [2.75, 3.05) is 11.0 Å². The highest BCUT2D eigenvalue weighted by atomic mass is 32.2. The maximum Gasteiger partial charge on any atom is 0.229 e. The molecule has 0 bridgehead atoms. The molecule has 142 valence electrons. The molecule has 4 rings (SSSR count). The summed E-state index contributed by atoms with van der Waals surface area (Å²) in [5.74, 6) is 0.811. The van der Waals surface area contributed by atoms with Gasteiger partial charge in [-0.1, -0.05) is 12.1 Å². The lowest BCUT2D eigenvalue weighted by Crippen LogP contribution is -2.36. The first-order chi connectivity index (χ1) is 12.6. The Morgan fingerprint density at radius 3 is 2.37 bits per heavy atom. The first kappa shape index (κ1) is 18.0. The van der Waals surface area contributed by atoms with Crippen molar-refractivity contribution in [2.45, 2.75) is 32.3 Å². The van der Waals surface area contributed by atoms with Crippen LogP contribution in [-0.4, -0.2) is 20.3 Å². The van der Waals surface area contributed by atoms with E-state index in [2.05, 4.69) is 4.72 Å². The zero-order chi connectivity index (χ0) is 19.4. The highest BCUT2D eigenvalue weighted by molar-refractivity contribution is 7.92. The van der Waals surface area contributed by atoms with Gasteiger partial charge in [0.1, 0.15) is 17.2 Å². The Labute approximate surface area is 159 Å². The smallest absolute Gasteiger partial charge is 0.229 e. The molecule has 1 heterocycles. The molecule has 2 aromatic carbocycles. The van der Waals surface area contributed by atoms with Crippen LogP contribution in [0.15, 0.2) is 48.0 Å². The Morgan fingerprint density at radius 2 is 1.78 bits per heavy atom. The van der Waals surface area contributed by atoms with Crippen molar-refractivity contribution in [3.05, 3.63) is 65.0 Å². The molecule has 0 aromatic heterocycles. The third-order valence-corrected chi connectivity index (χ3v) is 5.56. The van der Waals surface area contributed by atoms with E-state index < -0.39 is 15.6 Å². The summed E-state index contributed by atoms with van der Waals surface area (Å²) < 4.78 is 45.4. The van der Waals surface area contributed by atoms with Gasteiger partial charge in [-0.3, -0.25) is 4.72 Å².